The normalized spacial score (nSPS) is 14.9. The number of hydrogen-bond donors (Lipinski definition) is 2. The van der Waals surface area contributed by atoms with Gasteiger partial charge in [0.2, 0.25) is 11.8 Å². The van der Waals surface area contributed by atoms with Gasteiger partial charge in [0.25, 0.3) is 5.69 Å². The Kier molecular flexibility index (Phi) is 5.07. The van der Waals surface area contributed by atoms with Crippen molar-refractivity contribution in [2.75, 3.05) is 0 Å². The number of nitro groups is 1. The molecule has 0 radical (unpaired) electrons. The van der Waals surface area contributed by atoms with Gasteiger partial charge in [-0.25, -0.2) is 0 Å². The molecule has 0 saturated carbocycles. The second-order valence-corrected chi connectivity index (χ2v) is 8.09. The number of furan rings is 1. The topological polar surface area (TPSA) is 144 Å². The number of fused-ring (bicyclic) bond motifs is 1. The molecule has 3 N–H and O–H groups in total. The van der Waals surface area contributed by atoms with Crippen molar-refractivity contribution < 1.29 is 14.1 Å². The van der Waals surface area contributed by atoms with Gasteiger partial charge in [-0.1, -0.05) is 35.9 Å². The lowest BCUT2D eigenvalue weighted by Crippen LogP contribution is -2.20. The summed E-state index contributed by atoms with van der Waals surface area (Å²) in [6.45, 7) is 1.66. The molecule has 0 fully saturated rings. The summed E-state index contributed by atoms with van der Waals surface area (Å²) in [5, 5.41) is 29.0. The largest absolute Gasteiger partial charge is 0.460 e. The first kappa shape index (κ1) is 21.3. The highest BCUT2D eigenvalue weighted by molar-refractivity contribution is 6.30. The first-order valence-electron chi connectivity index (χ1n) is 10.1. The average molecular weight is 474 g/mol. The highest BCUT2D eigenvalue weighted by atomic mass is 35.5. The van der Waals surface area contributed by atoms with Gasteiger partial charge in [0.15, 0.2) is 0 Å². The van der Waals surface area contributed by atoms with Gasteiger partial charge >= 0.3 is 0 Å². The smallest absolute Gasteiger partial charge is 0.273 e. The molecule has 2 aromatic carbocycles. The van der Waals surface area contributed by atoms with E-state index in [0.717, 1.165) is 5.56 Å². The van der Waals surface area contributed by atoms with E-state index in [0.29, 0.717) is 38.9 Å². The number of nitro benzene ring substituents is 1. The van der Waals surface area contributed by atoms with Crippen molar-refractivity contribution in [1.29, 1.82) is 5.26 Å². The number of allylic oxidation sites excluding steroid dienone is 1. The van der Waals surface area contributed by atoms with E-state index in [9.17, 15) is 15.4 Å². The molecule has 34 heavy (non-hydrogen) atoms. The van der Waals surface area contributed by atoms with Crippen LogP contribution in [0.4, 0.5) is 5.69 Å². The minimum Gasteiger partial charge on any atom is -0.460 e. The predicted molar refractivity (Wildman–Crippen MR) is 124 cm³/mol. The van der Waals surface area contributed by atoms with Crippen molar-refractivity contribution in [3.63, 3.8) is 0 Å². The summed E-state index contributed by atoms with van der Waals surface area (Å²) in [4.78, 5) is 10.9. The zero-order valence-electron chi connectivity index (χ0n) is 17.7. The zero-order valence-corrected chi connectivity index (χ0v) is 18.5. The summed E-state index contributed by atoms with van der Waals surface area (Å²) in [5.41, 5.74) is 9.25. The molecule has 2 aromatic heterocycles. The average Bonchev–Trinajstić information content (AvgIpc) is 3.46. The van der Waals surface area contributed by atoms with Gasteiger partial charge in [-0.3, -0.25) is 15.2 Å². The molecule has 4 aromatic rings. The first-order valence-corrected chi connectivity index (χ1v) is 10.5. The van der Waals surface area contributed by atoms with Gasteiger partial charge < -0.3 is 14.9 Å². The van der Waals surface area contributed by atoms with Crippen LogP contribution in [-0.4, -0.2) is 15.1 Å². The quantitative estimate of drug-likeness (QED) is 0.297. The van der Waals surface area contributed by atoms with Gasteiger partial charge in [0.05, 0.1) is 22.1 Å². The Labute approximate surface area is 198 Å². The molecule has 0 saturated heterocycles. The van der Waals surface area contributed by atoms with Crippen molar-refractivity contribution in [3.05, 3.63) is 98.1 Å². The van der Waals surface area contributed by atoms with Gasteiger partial charge in [-0.15, -0.1) is 5.10 Å². The van der Waals surface area contributed by atoms with E-state index in [-0.39, 0.29) is 23.0 Å². The van der Waals surface area contributed by atoms with E-state index in [1.807, 2.05) is 12.1 Å². The van der Waals surface area contributed by atoms with Crippen LogP contribution in [0.15, 0.2) is 70.5 Å². The molecule has 0 aliphatic carbocycles. The van der Waals surface area contributed by atoms with Crippen LogP contribution in [0, 0.1) is 28.4 Å². The van der Waals surface area contributed by atoms with Crippen LogP contribution in [-0.2, 0) is 0 Å². The number of ether oxygens (including phenoxy) is 1. The van der Waals surface area contributed by atoms with Crippen molar-refractivity contribution in [1.82, 2.24) is 10.2 Å². The second-order valence-electron chi connectivity index (χ2n) is 7.66. The molecule has 0 spiro atoms. The molecule has 168 valence electrons. The third-order valence-electron chi connectivity index (χ3n) is 5.75. The summed E-state index contributed by atoms with van der Waals surface area (Å²) in [5.74, 6) is 0.304. The Hall–Kier alpha value is -4.55. The fraction of sp³-hybridized carbons (Fsp3) is 0.0833. The molecule has 1 atom stereocenters. The standard InChI is InChI=1S/C24H16ClN5O4/c1-12-15(3-2-4-17(12)30(31)32)18-9-10-19(33-18)20-16(11-26)23(27)34-24-21(20)22(28-29-24)13-5-7-14(25)8-6-13/h2-10,20H,27H2,1H3,(H,28,29)/t20-/m1/s1. The third kappa shape index (κ3) is 3.37. The number of hydrogen-bond acceptors (Lipinski definition) is 7. The summed E-state index contributed by atoms with van der Waals surface area (Å²) in [6.07, 6.45) is 0. The zero-order chi connectivity index (χ0) is 24.0. The van der Waals surface area contributed by atoms with E-state index in [1.54, 1.807) is 43.3 Å². The van der Waals surface area contributed by atoms with Crippen LogP contribution in [0.3, 0.4) is 0 Å². The van der Waals surface area contributed by atoms with Crippen LogP contribution in [0.25, 0.3) is 22.6 Å². The van der Waals surface area contributed by atoms with E-state index in [1.165, 1.54) is 6.07 Å². The number of rotatable bonds is 4. The first-order chi connectivity index (χ1) is 16.4. The minimum absolute atomic E-state index is 0.00878. The van der Waals surface area contributed by atoms with Crippen LogP contribution < -0.4 is 10.5 Å². The Morgan fingerprint density at radius 2 is 1.97 bits per heavy atom. The number of H-pyrrole nitrogens is 1. The van der Waals surface area contributed by atoms with Gasteiger partial charge in [0, 0.05) is 27.8 Å². The predicted octanol–water partition coefficient (Wildman–Crippen LogP) is 5.42. The van der Waals surface area contributed by atoms with Gasteiger partial charge in [-0.05, 0) is 31.2 Å². The Balaban J connectivity index is 1.66. The van der Waals surface area contributed by atoms with Crippen molar-refractivity contribution >= 4 is 17.3 Å². The number of benzene rings is 2. The number of nitrogens with two attached hydrogens (primary N) is 1. The molecule has 0 amide bonds. The molecular weight excluding hydrogens is 458 g/mol. The Morgan fingerprint density at radius 3 is 2.68 bits per heavy atom. The molecule has 5 rings (SSSR count). The maximum absolute atomic E-state index is 11.4. The summed E-state index contributed by atoms with van der Waals surface area (Å²) >= 11 is 6.04. The lowest BCUT2D eigenvalue weighted by molar-refractivity contribution is -0.385. The maximum Gasteiger partial charge on any atom is 0.273 e. The summed E-state index contributed by atoms with van der Waals surface area (Å²) in [6, 6.07) is 17.5. The van der Waals surface area contributed by atoms with E-state index < -0.39 is 10.8 Å². The molecule has 0 unspecified atom stereocenters. The lowest BCUT2D eigenvalue weighted by atomic mass is 9.86. The molecule has 1 aliphatic heterocycles. The molecular formula is C24H16ClN5O4. The van der Waals surface area contributed by atoms with Crippen LogP contribution in [0.1, 0.15) is 22.8 Å². The number of aromatic nitrogens is 2. The van der Waals surface area contributed by atoms with E-state index >= 15 is 0 Å². The van der Waals surface area contributed by atoms with Crippen LogP contribution in [0.2, 0.25) is 5.02 Å². The van der Waals surface area contributed by atoms with Gasteiger partial charge in [-0.2, -0.15) is 5.26 Å². The van der Waals surface area contributed by atoms with Gasteiger partial charge in [0.1, 0.15) is 23.2 Å². The fourth-order valence-electron chi connectivity index (χ4n) is 4.11. The molecule has 10 heteroatoms. The maximum atomic E-state index is 11.4. The van der Waals surface area contributed by atoms with Crippen LogP contribution >= 0.6 is 11.6 Å². The highest BCUT2D eigenvalue weighted by Crippen LogP contribution is 2.47. The van der Waals surface area contributed by atoms with Crippen molar-refractivity contribution in [3.8, 4) is 34.5 Å². The molecule has 9 nitrogen and oxygen atoms in total. The molecule has 3 heterocycles. The minimum atomic E-state index is -0.703. The number of aromatic amines is 1. The molecule has 1 aliphatic rings. The van der Waals surface area contributed by atoms with E-state index in [2.05, 4.69) is 16.3 Å². The van der Waals surface area contributed by atoms with Crippen molar-refractivity contribution in [2.24, 2.45) is 5.73 Å². The number of nitriles is 1. The summed E-state index contributed by atoms with van der Waals surface area (Å²) < 4.78 is 11.8. The summed E-state index contributed by atoms with van der Waals surface area (Å²) in [7, 11) is 0. The van der Waals surface area contributed by atoms with Crippen LogP contribution in [0.5, 0.6) is 5.88 Å². The Morgan fingerprint density at radius 1 is 1.21 bits per heavy atom. The second kappa shape index (κ2) is 8.10. The highest BCUT2D eigenvalue weighted by Gasteiger charge is 2.37. The number of nitrogens with one attached hydrogen (secondary N) is 1. The fourth-order valence-corrected chi connectivity index (χ4v) is 4.23. The SMILES string of the molecule is Cc1c(-c2ccc([C@H]3C(C#N)=C(N)Oc4n[nH]c(-c5ccc(Cl)cc5)c43)o2)cccc1[N+](=O)[O-]. The van der Waals surface area contributed by atoms with Crippen molar-refractivity contribution in [2.45, 2.75) is 12.8 Å². The lowest BCUT2D eigenvalue weighted by Gasteiger charge is -2.22. The number of nitrogens with zero attached hydrogens (tertiary/aromatic N) is 3. The third-order valence-corrected chi connectivity index (χ3v) is 6.00. The molecule has 0 bridgehead atoms. The van der Waals surface area contributed by atoms with E-state index in [4.69, 9.17) is 26.5 Å². The number of halogens is 1. The Bertz CT molecular complexity index is 1510. The monoisotopic (exact) mass is 473 g/mol.